The van der Waals surface area contributed by atoms with Crippen molar-refractivity contribution >= 4 is 28.2 Å². The first-order valence-electron chi connectivity index (χ1n) is 6.47. The number of thiophene rings is 1. The zero-order valence-electron chi connectivity index (χ0n) is 11.8. The Morgan fingerprint density at radius 1 is 1.35 bits per heavy atom. The van der Waals surface area contributed by atoms with Crippen molar-refractivity contribution < 1.29 is 0 Å². The second-order valence-electron chi connectivity index (χ2n) is 5.48. The van der Waals surface area contributed by atoms with E-state index in [9.17, 15) is 0 Å². The van der Waals surface area contributed by atoms with Gasteiger partial charge in [0.1, 0.15) is 12.1 Å². The molecule has 0 aliphatic rings. The minimum Gasteiger partial charge on any atom is -0.368 e. The summed E-state index contributed by atoms with van der Waals surface area (Å²) < 4.78 is 1.76. The predicted molar refractivity (Wildman–Crippen MR) is 82.1 cm³/mol. The van der Waals surface area contributed by atoms with Gasteiger partial charge in [-0.15, -0.1) is 0 Å². The van der Waals surface area contributed by atoms with Crippen LogP contribution in [0.2, 0.25) is 0 Å². The van der Waals surface area contributed by atoms with Crippen LogP contribution in [0.4, 0.5) is 5.82 Å². The number of nitrogens with one attached hydrogen (secondary N) is 1. The molecule has 0 atom stereocenters. The first-order chi connectivity index (χ1) is 9.58. The van der Waals surface area contributed by atoms with Gasteiger partial charge in [-0.2, -0.15) is 16.4 Å². The van der Waals surface area contributed by atoms with Crippen molar-refractivity contribution in [3.8, 4) is 0 Å². The van der Waals surface area contributed by atoms with Crippen LogP contribution in [-0.4, -0.2) is 26.3 Å². The fourth-order valence-corrected chi connectivity index (χ4v) is 3.01. The molecule has 0 aromatic carbocycles. The number of rotatable bonds is 4. The summed E-state index contributed by atoms with van der Waals surface area (Å²) in [4.78, 5) is 8.58. The van der Waals surface area contributed by atoms with E-state index in [2.05, 4.69) is 51.1 Å². The Bertz CT molecular complexity index is 714. The van der Waals surface area contributed by atoms with Crippen LogP contribution in [0.3, 0.4) is 0 Å². The molecule has 0 amide bonds. The van der Waals surface area contributed by atoms with E-state index in [1.807, 2.05) is 7.05 Å². The average molecular weight is 287 g/mol. The molecule has 3 heterocycles. The van der Waals surface area contributed by atoms with Crippen LogP contribution in [0.25, 0.3) is 11.0 Å². The molecule has 20 heavy (non-hydrogen) atoms. The van der Waals surface area contributed by atoms with Crippen LogP contribution in [0.1, 0.15) is 19.4 Å². The van der Waals surface area contributed by atoms with Crippen molar-refractivity contribution in [2.75, 3.05) is 11.9 Å². The largest absolute Gasteiger partial charge is 0.368 e. The molecule has 0 radical (unpaired) electrons. The van der Waals surface area contributed by atoms with Crippen molar-refractivity contribution in [3.63, 3.8) is 0 Å². The number of fused-ring (bicyclic) bond motifs is 1. The summed E-state index contributed by atoms with van der Waals surface area (Å²) in [6, 6.07) is 2.17. The highest BCUT2D eigenvalue weighted by molar-refractivity contribution is 7.08. The fraction of sp³-hybridized carbons (Fsp3) is 0.357. The Kier molecular flexibility index (Phi) is 3.17. The number of nitrogens with zero attached hydrogens (tertiary/aromatic N) is 4. The van der Waals surface area contributed by atoms with Gasteiger partial charge in [0.05, 0.1) is 11.6 Å². The van der Waals surface area contributed by atoms with Gasteiger partial charge < -0.3 is 5.32 Å². The molecule has 0 aliphatic carbocycles. The highest BCUT2D eigenvalue weighted by atomic mass is 32.1. The van der Waals surface area contributed by atoms with Crippen LogP contribution in [0.15, 0.2) is 29.4 Å². The van der Waals surface area contributed by atoms with Gasteiger partial charge in [-0.3, -0.25) is 4.68 Å². The Labute approximate surface area is 121 Å². The molecule has 1 N–H and O–H groups in total. The monoisotopic (exact) mass is 287 g/mol. The van der Waals surface area contributed by atoms with Gasteiger partial charge in [0.2, 0.25) is 0 Å². The topological polar surface area (TPSA) is 55.6 Å². The molecular formula is C14H17N5S. The van der Waals surface area contributed by atoms with Crippen molar-refractivity contribution in [1.82, 2.24) is 19.7 Å². The van der Waals surface area contributed by atoms with E-state index < -0.39 is 0 Å². The second-order valence-corrected chi connectivity index (χ2v) is 6.26. The van der Waals surface area contributed by atoms with Gasteiger partial charge in [-0.1, -0.05) is 13.8 Å². The zero-order valence-corrected chi connectivity index (χ0v) is 12.6. The SMILES string of the molecule is Cn1ncc2c(NCC(C)(C)c3ccsc3)ncnc21. The van der Waals surface area contributed by atoms with E-state index in [1.165, 1.54) is 5.56 Å². The third-order valence-corrected chi connectivity index (χ3v) is 4.21. The molecule has 3 rings (SSSR count). The van der Waals surface area contributed by atoms with E-state index in [0.29, 0.717) is 0 Å². The van der Waals surface area contributed by atoms with Gasteiger partial charge in [0, 0.05) is 19.0 Å². The molecule has 0 bridgehead atoms. The number of aryl methyl sites for hydroxylation is 1. The maximum absolute atomic E-state index is 4.33. The molecule has 5 nitrogen and oxygen atoms in total. The van der Waals surface area contributed by atoms with Gasteiger partial charge in [0.15, 0.2) is 5.65 Å². The molecule has 0 spiro atoms. The Morgan fingerprint density at radius 2 is 2.20 bits per heavy atom. The highest BCUT2D eigenvalue weighted by Crippen LogP contribution is 2.26. The summed E-state index contributed by atoms with van der Waals surface area (Å²) in [5, 5.41) is 12.9. The third kappa shape index (κ3) is 2.27. The molecular weight excluding hydrogens is 270 g/mol. The predicted octanol–water partition coefficient (Wildman–Crippen LogP) is 2.81. The smallest absolute Gasteiger partial charge is 0.163 e. The lowest BCUT2D eigenvalue weighted by molar-refractivity contribution is 0.558. The molecule has 0 aliphatic heterocycles. The summed E-state index contributed by atoms with van der Waals surface area (Å²) in [6.45, 7) is 5.26. The molecule has 0 unspecified atom stereocenters. The first kappa shape index (κ1) is 13.1. The number of hydrogen-bond donors (Lipinski definition) is 1. The zero-order chi connectivity index (χ0) is 14.2. The van der Waals surface area contributed by atoms with Gasteiger partial charge in [0.25, 0.3) is 0 Å². The minimum absolute atomic E-state index is 0.0550. The fourth-order valence-electron chi connectivity index (χ4n) is 2.16. The molecule has 3 aromatic rings. The summed E-state index contributed by atoms with van der Waals surface area (Å²) in [7, 11) is 1.88. The normalized spacial score (nSPS) is 11.9. The molecule has 0 fully saturated rings. The third-order valence-electron chi connectivity index (χ3n) is 3.53. The molecule has 0 saturated heterocycles. The standard InChI is InChI=1S/C14H17N5S/c1-14(2,10-4-5-20-7-10)8-15-12-11-6-18-19(3)13(11)17-9-16-12/h4-7,9H,8H2,1-3H3,(H,15,16,17). The molecule has 0 saturated carbocycles. The van der Waals surface area contributed by atoms with Crippen LogP contribution < -0.4 is 5.32 Å². The Morgan fingerprint density at radius 3 is 2.95 bits per heavy atom. The Balaban J connectivity index is 1.84. The van der Waals surface area contributed by atoms with Crippen molar-refractivity contribution in [2.45, 2.75) is 19.3 Å². The van der Waals surface area contributed by atoms with Gasteiger partial charge in [-0.25, -0.2) is 9.97 Å². The summed E-state index contributed by atoms with van der Waals surface area (Å²) >= 11 is 1.73. The lowest BCUT2D eigenvalue weighted by atomic mass is 9.86. The van der Waals surface area contributed by atoms with E-state index in [4.69, 9.17) is 0 Å². The summed E-state index contributed by atoms with van der Waals surface area (Å²) in [6.07, 6.45) is 3.37. The summed E-state index contributed by atoms with van der Waals surface area (Å²) in [5.74, 6) is 0.839. The van der Waals surface area contributed by atoms with E-state index in [0.717, 1.165) is 23.4 Å². The van der Waals surface area contributed by atoms with E-state index in [-0.39, 0.29) is 5.41 Å². The molecule has 104 valence electrons. The van der Waals surface area contributed by atoms with E-state index >= 15 is 0 Å². The average Bonchev–Trinajstić information content (AvgIpc) is 3.07. The number of anilines is 1. The first-order valence-corrected chi connectivity index (χ1v) is 7.41. The lowest BCUT2D eigenvalue weighted by Gasteiger charge is -2.24. The highest BCUT2D eigenvalue weighted by Gasteiger charge is 2.21. The van der Waals surface area contributed by atoms with Crippen LogP contribution >= 0.6 is 11.3 Å². The maximum Gasteiger partial charge on any atom is 0.163 e. The van der Waals surface area contributed by atoms with E-state index in [1.54, 1.807) is 28.5 Å². The van der Waals surface area contributed by atoms with Crippen molar-refractivity contribution in [3.05, 3.63) is 34.9 Å². The van der Waals surface area contributed by atoms with Crippen molar-refractivity contribution in [1.29, 1.82) is 0 Å². The molecule has 6 heteroatoms. The Hall–Kier alpha value is -1.95. The second kappa shape index (κ2) is 4.86. The van der Waals surface area contributed by atoms with Crippen LogP contribution in [0, 0.1) is 0 Å². The van der Waals surface area contributed by atoms with Crippen molar-refractivity contribution in [2.24, 2.45) is 7.05 Å². The van der Waals surface area contributed by atoms with Crippen LogP contribution in [0.5, 0.6) is 0 Å². The van der Waals surface area contributed by atoms with Gasteiger partial charge in [-0.05, 0) is 22.4 Å². The molecule has 3 aromatic heterocycles. The quantitative estimate of drug-likeness (QED) is 0.801. The minimum atomic E-state index is 0.0550. The lowest BCUT2D eigenvalue weighted by Crippen LogP contribution is -2.27. The van der Waals surface area contributed by atoms with Crippen LogP contribution in [-0.2, 0) is 12.5 Å². The summed E-state index contributed by atoms with van der Waals surface area (Å²) in [5.41, 5.74) is 2.24. The van der Waals surface area contributed by atoms with Gasteiger partial charge >= 0.3 is 0 Å². The maximum atomic E-state index is 4.33. The number of hydrogen-bond acceptors (Lipinski definition) is 5. The number of aromatic nitrogens is 4.